The zero-order valence-corrected chi connectivity index (χ0v) is 12.4. The molecule has 0 spiro atoms. The van der Waals surface area contributed by atoms with E-state index in [1.54, 1.807) is 0 Å². The second-order valence-corrected chi connectivity index (χ2v) is 6.44. The maximum Gasteiger partial charge on any atom is 0.270 e. The van der Waals surface area contributed by atoms with Gasteiger partial charge in [0.2, 0.25) is 0 Å². The van der Waals surface area contributed by atoms with Crippen LogP contribution in [-0.2, 0) is 0 Å². The normalized spacial score (nSPS) is 31.1. The van der Waals surface area contributed by atoms with Gasteiger partial charge in [-0.25, -0.2) is 9.37 Å². The van der Waals surface area contributed by atoms with Gasteiger partial charge in [0.05, 0.1) is 6.20 Å². The van der Waals surface area contributed by atoms with Crippen LogP contribution >= 0.6 is 0 Å². The largest absolute Gasteiger partial charge is 0.345 e. The molecule has 2 saturated carbocycles. The Hall–Kier alpha value is -1.49. The van der Waals surface area contributed by atoms with Crippen molar-refractivity contribution in [1.82, 2.24) is 15.6 Å². The molecule has 1 amide bonds. The lowest BCUT2D eigenvalue weighted by Crippen LogP contribution is -2.54. The maximum atomic E-state index is 12.9. The van der Waals surface area contributed by atoms with Gasteiger partial charge in [-0.15, -0.1) is 0 Å². The third-order valence-electron chi connectivity index (χ3n) is 4.96. The van der Waals surface area contributed by atoms with Gasteiger partial charge in [0.25, 0.3) is 5.91 Å². The van der Waals surface area contributed by atoms with Crippen LogP contribution in [0.25, 0.3) is 0 Å². The van der Waals surface area contributed by atoms with Crippen molar-refractivity contribution in [1.29, 1.82) is 0 Å². The topological polar surface area (TPSA) is 54.0 Å². The fourth-order valence-electron chi connectivity index (χ4n) is 4.09. The lowest BCUT2D eigenvalue weighted by molar-refractivity contribution is 0.0864. The van der Waals surface area contributed by atoms with Crippen molar-refractivity contribution in [2.24, 2.45) is 0 Å². The highest BCUT2D eigenvalue weighted by atomic mass is 19.1. The molecule has 0 aliphatic heterocycles. The Morgan fingerprint density at radius 3 is 2.76 bits per heavy atom. The van der Waals surface area contributed by atoms with Gasteiger partial charge in [0.15, 0.2) is 0 Å². The van der Waals surface area contributed by atoms with Crippen LogP contribution in [0.15, 0.2) is 18.3 Å². The monoisotopic (exact) mass is 291 g/mol. The molecule has 2 fully saturated rings. The number of fused-ring (bicyclic) bond motifs is 2. The van der Waals surface area contributed by atoms with Gasteiger partial charge in [0, 0.05) is 11.1 Å². The molecular formula is C16H22FN3O. The van der Waals surface area contributed by atoms with Crippen molar-refractivity contribution >= 4 is 5.91 Å². The first-order valence-electron chi connectivity index (χ1n) is 7.76. The molecule has 0 saturated heterocycles. The predicted molar refractivity (Wildman–Crippen MR) is 78.5 cm³/mol. The highest BCUT2D eigenvalue weighted by Crippen LogP contribution is 2.47. The van der Waals surface area contributed by atoms with E-state index in [9.17, 15) is 9.18 Å². The number of nitrogens with one attached hydrogen (secondary N) is 2. The third-order valence-corrected chi connectivity index (χ3v) is 4.96. The number of carbonyl (C=O) groups is 1. The molecule has 3 rings (SSSR count). The molecule has 2 aliphatic carbocycles. The van der Waals surface area contributed by atoms with E-state index in [-0.39, 0.29) is 22.7 Å². The molecule has 0 radical (unpaired) electrons. The second kappa shape index (κ2) is 5.37. The zero-order chi connectivity index (χ0) is 14.9. The Balaban J connectivity index is 1.72. The average Bonchev–Trinajstić information content (AvgIpc) is 2.71. The van der Waals surface area contributed by atoms with Crippen LogP contribution in [0.4, 0.5) is 4.39 Å². The number of amides is 1. The summed E-state index contributed by atoms with van der Waals surface area (Å²) < 4.78 is 12.9. The average molecular weight is 291 g/mol. The molecule has 2 unspecified atom stereocenters. The summed E-state index contributed by atoms with van der Waals surface area (Å²) in [4.78, 5) is 16.2. The lowest BCUT2D eigenvalue weighted by atomic mass is 9.78. The maximum absolute atomic E-state index is 12.9. The van der Waals surface area contributed by atoms with Crippen LogP contribution in [0.3, 0.4) is 0 Å². The standard InChI is InChI=1S/C16H22FN3O/c1-2-19-15-6-3-7-16(11-15,9-8-15)20-14(21)13-5-4-12(17)10-18-13/h4-5,10,19H,2-3,6-9,11H2,1H3,(H,20,21). The number of nitrogens with zero attached hydrogens (tertiary/aromatic N) is 1. The number of rotatable bonds is 4. The van der Waals surface area contributed by atoms with Crippen molar-refractivity contribution < 1.29 is 9.18 Å². The number of aromatic nitrogens is 1. The Morgan fingerprint density at radius 1 is 1.29 bits per heavy atom. The summed E-state index contributed by atoms with van der Waals surface area (Å²) in [6.07, 6.45) is 7.53. The van der Waals surface area contributed by atoms with E-state index in [4.69, 9.17) is 0 Å². The molecule has 2 aliphatic rings. The first-order chi connectivity index (χ1) is 10.1. The van der Waals surface area contributed by atoms with E-state index in [1.165, 1.54) is 18.6 Å². The van der Waals surface area contributed by atoms with Gasteiger partial charge in [0.1, 0.15) is 11.5 Å². The molecule has 4 nitrogen and oxygen atoms in total. The van der Waals surface area contributed by atoms with Crippen molar-refractivity contribution in [2.75, 3.05) is 6.54 Å². The van der Waals surface area contributed by atoms with Crippen molar-refractivity contribution in [3.05, 3.63) is 29.8 Å². The minimum Gasteiger partial charge on any atom is -0.345 e. The van der Waals surface area contributed by atoms with Crippen molar-refractivity contribution in [3.8, 4) is 0 Å². The van der Waals surface area contributed by atoms with Crippen LogP contribution < -0.4 is 10.6 Å². The predicted octanol–water partition coefficient (Wildman–Crippen LogP) is 2.41. The summed E-state index contributed by atoms with van der Waals surface area (Å²) in [5.41, 5.74) is 0.363. The van der Waals surface area contributed by atoms with Gasteiger partial charge in [-0.1, -0.05) is 6.92 Å². The third kappa shape index (κ3) is 2.79. The van der Waals surface area contributed by atoms with E-state index < -0.39 is 5.82 Å². The molecule has 2 atom stereocenters. The van der Waals surface area contributed by atoms with Crippen molar-refractivity contribution in [3.63, 3.8) is 0 Å². The summed E-state index contributed by atoms with van der Waals surface area (Å²) in [6.45, 7) is 3.09. The molecule has 1 heterocycles. The van der Waals surface area contributed by atoms with E-state index in [1.807, 2.05) is 0 Å². The zero-order valence-electron chi connectivity index (χ0n) is 12.4. The van der Waals surface area contributed by atoms with E-state index in [2.05, 4.69) is 22.5 Å². The first-order valence-corrected chi connectivity index (χ1v) is 7.76. The SMILES string of the molecule is CCNC12CCCC(NC(=O)c3ccc(F)cn3)(CC1)C2. The quantitative estimate of drug-likeness (QED) is 0.895. The second-order valence-electron chi connectivity index (χ2n) is 6.44. The summed E-state index contributed by atoms with van der Waals surface area (Å²) in [6, 6.07) is 2.72. The van der Waals surface area contributed by atoms with Crippen LogP contribution in [0, 0.1) is 5.82 Å². The summed E-state index contributed by atoms with van der Waals surface area (Å²) >= 11 is 0. The van der Waals surface area contributed by atoms with E-state index in [0.29, 0.717) is 0 Å². The molecule has 1 aromatic rings. The summed E-state index contributed by atoms with van der Waals surface area (Å²) in [7, 11) is 0. The molecular weight excluding hydrogens is 269 g/mol. The molecule has 114 valence electrons. The van der Waals surface area contributed by atoms with Gasteiger partial charge in [-0.05, 0) is 57.2 Å². The molecule has 1 aromatic heterocycles. The number of hydrogen-bond acceptors (Lipinski definition) is 3. The minimum atomic E-state index is -0.422. The van der Waals surface area contributed by atoms with Crippen LogP contribution in [-0.4, -0.2) is 28.5 Å². The molecule has 0 aromatic carbocycles. The van der Waals surface area contributed by atoms with Gasteiger partial charge >= 0.3 is 0 Å². The van der Waals surface area contributed by atoms with Crippen molar-refractivity contribution in [2.45, 2.75) is 56.5 Å². The number of pyridine rings is 1. The van der Waals surface area contributed by atoms with E-state index in [0.717, 1.165) is 44.8 Å². The van der Waals surface area contributed by atoms with Gasteiger partial charge in [-0.2, -0.15) is 0 Å². The minimum absolute atomic E-state index is 0.117. The van der Waals surface area contributed by atoms with Gasteiger partial charge < -0.3 is 10.6 Å². The summed E-state index contributed by atoms with van der Waals surface area (Å²) in [5, 5.41) is 6.80. The Kier molecular flexibility index (Phi) is 3.69. The number of halogens is 1. The first kappa shape index (κ1) is 14.4. The molecule has 5 heteroatoms. The molecule has 2 bridgehead atoms. The van der Waals surface area contributed by atoms with E-state index >= 15 is 0 Å². The highest BCUT2D eigenvalue weighted by Gasteiger charge is 2.51. The van der Waals surface area contributed by atoms with Gasteiger partial charge in [-0.3, -0.25) is 4.79 Å². The molecule has 21 heavy (non-hydrogen) atoms. The fraction of sp³-hybridized carbons (Fsp3) is 0.625. The lowest BCUT2D eigenvalue weighted by Gasteiger charge is -2.40. The smallest absolute Gasteiger partial charge is 0.270 e. The number of hydrogen-bond donors (Lipinski definition) is 2. The van der Waals surface area contributed by atoms with Crippen LogP contribution in [0.2, 0.25) is 0 Å². The Morgan fingerprint density at radius 2 is 2.05 bits per heavy atom. The van der Waals surface area contributed by atoms with Crippen LogP contribution in [0.1, 0.15) is 55.9 Å². The Bertz CT molecular complexity index is 529. The highest BCUT2D eigenvalue weighted by molar-refractivity contribution is 5.92. The summed E-state index contributed by atoms with van der Waals surface area (Å²) in [5.74, 6) is -0.612. The fourth-order valence-corrected chi connectivity index (χ4v) is 4.09. The van der Waals surface area contributed by atoms with Crippen LogP contribution in [0.5, 0.6) is 0 Å². The molecule has 2 N–H and O–H groups in total. The number of carbonyl (C=O) groups excluding carboxylic acids is 1. The Labute approximate surface area is 124 Å².